The predicted octanol–water partition coefficient (Wildman–Crippen LogP) is 3.28. The van der Waals surface area contributed by atoms with Gasteiger partial charge in [0.15, 0.2) is 11.5 Å². The Balaban J connectivity index is 1.78. The van der Waals surface area contributed by atoms with Gasteiger partial charge in [-0.1, -0.05) is 6.07 Å². The fraction of sp³-hybridized carbons (Fsp3) is 0.250. The van der Waals surface area contributed by atoms with Gasteiger partial charge < -0.3 is 14.8 Å². The standard InChI is InChI=1S/C16H15N3O6/c20-18(21)12-3-4-13(14(9-12)19(22)23)17-10-11-2-5-15-16(8-11)25-7-1-6-24-15/h2-5,8-9,17H,1,6-7,10H2. The van der Waals surface area contributed by atoms with E-state index in [0.717, 1.165) is 18.1 Å². The van der Waals surface area contributed by atoms with Crippen LogP contribution in [-0.4, -0.2) is 23.1 Å². The number of nitrogens with one attached hydrogen (secondary N) is 1. The van der Waals surface area contributed by atoms with E-state index >= 15 is 0 Å². The summed E-state index contributed by atoms with van der Waals surface area (Å²) in [5.41, 5.74) is 0.385. The van der Waals surface area contributed by atoms with E-state index in [1.54, 1.807) is 6.07 Å². The maximum Gasteiger partial charge on any atom is 0.299 e. The average Bonchev–Trinajstić information content (AvgIpc) is 2.84. The first-order chi connectivity index (χ1) is 12.0. The first-order valence-corrected chi connectivity index (χ1v) is 7.60. The van der Waals surface area contributed by atoms with E-state index in [-0.39, 0.29) is 17.1 Å². The van der Waals surface area contributed by atoms with E-state index in [9.17, 15) is 20.2 Å². The van der Waals surface area contributed by atoms with Gasteiger partial charge in [0.1, 0.15) is 5.69 Å². The van der Waals surface area contributed by atoms with Crippen molar-refractivity contribution in [3.8, 4) is 11.5 Å². The van der Waals surface area contributed by atoms with E-state index in [1.165, 1.54) is 12.1 Å². The molecule has 0 radical (unpaired) electrons. The van der Waals surface area contributed by atoms with Crippen molar-refractivity contribution in [2.75, 3.05) is 18.5 Å². The Hall–Kier alpha value is -3.36. The molecular formula is C16H15N3O6. The third-order valence-electron chi connectivity index (χ3n) is 3.68. The second-order valence-corrected chi connectivity index (χ2v) is 5.40. The summed E-state index contributed by atoms with van der Waals surface area (Å²) in [4.78, 5) is 20.6. The van der Waals surface area contributed by atoms with Crippen molar-refractivity contribution in [1.29, 1.82) is 0 Å². The predicted molar refractivity (Wildman–Crippen MR) is 89.1 cm³/mol. The number of rotatable bonds is 5. The Labute approximate surface area is 142 Å². The third-order valence-corrected chi connectivity index (χ3v) is 3.68. The second-order valence-electron chi connectivity index (χ2n) is 5.40. The van der Waals surface area contributed by atoms with Gasteiger partial charge in [-0.05, 0) is 23.8 Å². The van der Waals surface area contributed by atoms with Crippen molar-refractivity contribution >= 4 is 17.1 Å². The Kier molecular flexibility index (Phi) is 4.64. The van der Waals surface area contributed by atoms with Crippen LogP contribution in [0.5, 0.6) is 11.5 Å². The Morgan fingerprint density at radius 2 is 1.72 bits per heavy atom. The lowest BCUT2D eigenvalue weighted by Gasteiger charge is -2.11. The lowest BCUT2D eigenvalue weighted by Crippen LogP contribution is -2.04. The number of nitro benzene ring substituents is 2. The zero-order chi connectivity index (χ0) is 17.8. The van der Waals surface area contributed by atoms with Gasteiger partial charge in [-0.25, -0.2) is 0 Å². The molecule has 0 saturated carbocycles. The average molecular weight is 345 g/mol. The van der Waals surface area contributed by atoms with Gasteiger partial charge in [0, 0.05) is 19.0 Å². The zero-order valence-electron chi connectivity index (χ0n) is 13.1. The highest BCUT2D eigenvalue weighted by molar-refractivity contribution is 5.65. The fourth-order valence-corrected chi connectivity index (χ4v) is 2.45. The molecule has 0 unspecified atom stereocenters. The van der Waals surface area contributed by atoms with Crippen molar-refractivity contribution in [1.82, 2.24) is 0 Å². The van der Waals surface area contributed by atoms with Gasteiger partial charge >= 0.3 is 0 Å². The first-order valence-electron chi connectivity index (χ1n) is 7.60. The molecule has 0 aromatic heterocycles. The highest BCUT2D eigenvalue weighted by atomic mass is 16.6. The molecule has 1 N–H and O–H groups in total. The van der Waals surface area contributed by atoms with E-state index < -0.39 is 9.85 Å². The minimum atomic E-state index is -0.666. The van der Waals surface area contributed by atoms with Gasteiger partial charge in [0.25, 0.3) is 11.4 Å². The molecule has 25 heavy (non-hydrogen) atoms. The summed E-state index contributed by atoms with van der Waals surface area (Å²) in [6.45, 7) is 1.46. The Morgan fingerprint density at radius 1 is 0.960 bits per heavy atom. The number of nitrogens with zero attached hydrogens (tertiary/aromatic N) is 2. The largest absolute Gasteiger partial charge is 0.490 e. The smallest absolute Gasteiger partial charge is 0.299 e. The molecule has 0 aliphatic carbocycles. The highest BCUT2D eigenvalue weighted by Gasteiger charge is 2.19. The summed E-state index contributed by atoms with van der Waals surface area (Å²) in [5, 5.41) is 24.9. The van der Waals surface area contributed by atoms with Crippen molar-refractivity contribution in [2.45, 2.75) is 13.0 Å². The summed E-state index contributed by atoms with van der Waals surface area (Å²) in [6, 6.07) is 8.93. The molecule has 0 atom stereocenters. The molecule has 2 aromatic carbocycles. The monoisotopic (exact) mass is 345 g/mol. The van der Waals surface area contributed by atoms with Gasteiger partial charge in [0.05, 0.1) is 29.1 Å². The molecule has 0 bridgehead atoms. The highest BCUT2D eigenvalue weighted by Crippen LogP contribution is 2.32. The van der Waals surface area contributed by atoms with E-state index in [2.05, 4.69) is 5.32 Å². The number of ether oxygens (including phenoxy) is 2. The van der Waals surface area contributed by atoms with Crippen LogP contribution in [-0.2, 0) is 6.54 Å². The molecule has 0 fully saturated rings. The van der Waals surface area contributed by atoms with E-state index in [4.69, 9.17) is 9.47 Å². The van der Waals surface area contributed by atoms with Crippen LogP contribution in [0.4, 0.5) is 17.1 Å². The normalized spacial score (nSPS) is 13.0. The molecule has 1 heterocycles. The van der Waals surface area contributed by atoms with Crippen molar-refractivity contribution in [2.24, 2.45) is 0 Å². The topological polar surface area (TPSA) is 117 Å². The second kappa shape index (κ2) is 7.04. The number of nitro groups is 2. The van der Waals surface area contributed by atoms with E-state index in [1.807, 2.05) is 12.1 Å². The first kappa shape index (κ1) is 16.5. The summed E-state index contributed by atoms with van der Waals surface area (Å²) < 4.78 is 11.2. The van der Waals surface area contributed by atoms with Crippen LogP contribution in [0.3, 0.4) is 0 Å². The fourth-order valence-electron chi connectivity index (χ4n) is 2.45. The summed E-state index contributed by atoms with van der Waals surface area (Å²) in [6.07, 6.45) is 0.803. The Morgan fingerprint density at radius 3 is 2.44 bits per heavy atom. The van der Waals surface area contributed by atoms with Gasteiger partial charge in [-0.3, -0.25) is 20.2 Å². The molecule has 3 rings (SSSR count). The molecule has 130 valence electrons. The van der Waals surface area contributed by atoms with Gasteiger partial charge in [0.2, 0.25) is 0 Å². The maximum absolute atomic E-state index is 11.1. The lowest BCUT2D eigenvalue weighted by molar-refractivity contribution is -0.393. The summed E-state index contributed by atoms with van der Waals surface area (Å²) in [7, 11) is 0. The molecule has 9 heteroatoms. The molecule has 1 aliphatic heterocycles. The van der Waals surface area contributed by atoms with Crippen molar-refractivity contribution in [3.05, 3.63) is 62.2 Å². The van der Waals surface area contributed by atoms with E-state index in [0.29, 0.717) is 31.3 Å². The number of fused-ring (bicyclic) bond motifs is 1. The minimum absolute atomic E-state index is 0.211. The SMILES string of the molecule is O=[N+]([O-])c1ccc(NCc2ccc3c(c2)OCCCO3)c([N+](=O)[O-])c1. The van der Waals surface area contributed by atoms with Crippen LogP contribution >= 0.6 is 0 Å². The molecular weight excluding hydrogens is 330 g/mol. The van der Waals surface area contributed by atoms with Crippen molar-refractivity contribution in [3.63, 3.8) is 0 Å². The number of hydrogen-bond donors (Lipinski definition) is 1. The quantitative estimate of drug-likeness (QED) is 0.652. The van der Waals surface area contributed by atoms with Gasteiger partial charge in [-0.15, -0.1) is 0 Å². The van der Waals surface area contributed by atoms with Crippen molar-refractivity contribution < 1.29 is 19.3 Å². The number of non-ortho nitro benzene ring substituents is 1. The molecule has 2 aromatic rings. The Bertz CT molecular complexity index is 824. The van der Waals surface area contributed by atoms with Crippen LogP contribution < -0.4 is 14.8 Å². The number of hydrogen-bond acceptors (Lipinski definition) is 7. The van der Waals surface area contributed by atoms with Crippen LogP contribution in [0.15, 0.2) is 36.4 Å². The maximum atomic E-state index is 11.1. The van der Waals surface area contributed by atoms with Crippen LogP contribution in [0.2, 0.25) is 0 Å². The van der Waals surface area contributed by atoms with Crippen LogP contribution in [0, 0.1) is 20.2 Å². The lowest BCUT2D eigenvalue weighted by atomic mass is 10.2. The zero-order valence-corrected chi connectivity index (χ0v) is 13.1. The summed E-state index contributed by atoms with van der Waals surface area (Å²) in [5.74, 6) is 1.30. The molecule has 0 amide bonds. The van der Waals surface area contributed by atoms with Crippen LogP contribution in [0.1, 0.15) is 12.0 Å². The van der Waals surface area contributed by atoms with Gasteiger partial charge in [-0.2, -0.15) is 0 Å². The molecule has 0 saturated heterocycles. The summed E-state index contributed by atoms with van der Waals surface area (Å²) >= 11 is 0. The molecule has 0 spiro atoms. The third kappa shape index (κ3) is 3.77. The minimum Gasteiger partial charge on any atom is -0.490 e. The molecule has 9 nitrogen and oxygen atoms in total. The number of benzene rings is 2. The van der Waals surface area contributed by atoms with Crippen LogP contribution in [0.25, 0.3) is 0 Å². The number of anilines is 1. The molecule has 1 aliphatic rings.